The fraction of sp³-hybridized carbons (Fsp3) is 0.690. The molecule has 2 fully saturated rings. The van der Waals surface area contributed by atoms with Gasteiger partial charge in [0.2, 0.25) is 0 Å². The Balaban J connectivity index is 1.38. The number of halogens is 6. The molecule has 0 radical (unpaired) electrons. The minimum absolute atomic E-state index is 0.00171. The number of thioether (sulfide) groups is 1. The first-order chi connectivity index (χ1) is 18.8. The van der Waals surface area contributed by atoms with E-state index in [1.165, 1.54) is 10.3 Å². The first kappa shape index (κ1) is 31.6. The van der Waals surface area contributed by atoms with Gasteiger partial charge in [0, 0.05) is 12.9 Å². The number of hydrogen-bond donors (Lipinski definition) is 0. The zero-order chi connectivity index (χ0) is 29.2. The summed E-state index contributed by atoms with van der Waals surface area (Å²) >= 11 is 3.42. The second-order valence-corrected chi connectivity index (χ2v) is 13.7. The molecule has 4 atom stereocenters. The molecule has 0 aliphatic heterocycles. The number of ether oxygens (including phenoxy) is 2. The van der Waals surface area contributed by atoms with Gasteiger partial charge in [-0.05, 0) is 80.2 Å². The summed E-state index contributed by atoms with van der Waals surface area (Å²) in [5, 5.41) is 0. The number of hydrogen-bond acceptors (Lipinski definition) is 5. The molecule has 0 amide bonds. The maximum Gasteiger partial charge on any atom is 0.426 e. The number of para-hydroxylation sites is 1. The van der Waals surface area contributed by atoms with E-state index in [-0.39, 0.29) is 30.1 Å². The van der Waals surface area contributed by atoms with Gasteiger partial charge in [-0.3, -0.25) is 0 Å². The van der Waals surface area contributed by atoms with Crippen molar-refractivity contribution < 1.29 is 35.8 Å². The Morgan fingerprint density at radius 1 is 1.15 bits per heavy atom. The molecule has 2 aromatic rings. The van der Waals surface area contributed by atoms with Crippen LogP contribution < -0.4 is 0 Å². The summed E-state index contributed by atoms with van der Waals surface area (Å²) < 4.78 is 93.1. The van der Waals surface area contributed by atoms with Crippen LogP contribution in [0, 0.1) is 23.2 Å². The molecule has 1 heterocycles. The summed E-state index contributed by atoms with van der Waals surface area (Å²) in [6, 6.07) is 8.08. The van der Waals surface area contributed by atoms with Gasteiger partial charge in [-0.2, -0.15) is 26.3 Å². The SMILES string of the molecule is COCOC(CCCC(C)[C@H]1CC[C@H]2/C(=C/CSc3nc4ccccc4s3)CCC[C@]12C)(C(F)(F)F)C(F)(F)F. The Morgan fingerprint density at radius 3 is 2.55 bits per heavy atom. The highest BCUT2D eigenvalue weighted by atomic mass is 32.2. The smallest absolute Gasteiger partial charge is 0.359 e. The van der Waals surface area contributed by atoms with Crippen LogP contribution in [-0.2, 0) is 9.47 Å². The van der Waals surface area contributed by atoms with Crippen molar-refractivity contribution in [3.8, 4) is 0 Å². The lowest BCUT2D eigenvalue weighted by atomic mass is 9.60. The van der Waals surface area contributed by atoms with Crippen LogP contribution in [-0.4, -0.2) is 42.6 Å². The van der Waals surface area contributed by atoms with E-state index >= 15 is 0 Å². The molecule has 2 aliphatic rings. The topological polar surface area (TPSA) is 31.4 Å². The van der Waals surface area contributed by atoms with Gasteiger partial charge in [0.1, 0.15) is 6.79 Å². The quantitative estimate of drug-likeness (QED) is 0.110. The minimum Gasteiger partial charge on any atom is -0.359 e. The summed E-state index contributed by atoms with van der Waals surface area (Å²) in [6.07, 6.45) is -4.91. The van der Waals surface area contributed by atoms with E-state index in [9.17, 15) is 26.3 Å². The van der Waals surface area contributed by atoms with E-state index in [1.54, 1.807) is 23.1 Å². The molecule has 40 heavy (non-hydrogen) atoms. The minimum atomic E-state index is -5.59. The van der Waals surface area contributed by atoms with Gasteiger partial charge in [-0.15, -0.1) is 11.3 Å². The van der Waals surface area contributed by atoms with Crippen molar-refractivity contribution >= 4 is 33.3 Å². The molecular formula is C29H37F6NO2S2. The van der Waals surface area contributed by atoms with Gasteiger partial charge in [0.15, 0.2) is 4.34 Å². The third-order valence-electron chi connectivity index (χ3n) is 9.08. The molecule has 224 valence electrons. The van der Waals surface area contributed by atoms with Crippen LogP contribution in [0.5, 0.6) is 0 Å². The van der Waals surface area contributed by atoms with Crippen LogP contribution in [0.15, 0.2) is 40.3 Å². The molecule has 0 N–H and O–H groups in total. The maximum absolute atomic E-state index is 13.7. The van der Waals surface area contributed by atoms with Crippen molar-refractivity contribution in [1.82, 2.24) is 4.98 Å². The highest BCUT2D eigenvalue weighted by Crippen LogP contribution is 2.60. The van der Waals surface area contributed by atoms with Crippen molar-refractivity contribution in [2.45, 2.75) is 87.5 Å². The molecule has 11 heteroatoms. The third kappa shape index (κ3) is 6.37. The molecule has 1 unspecified atom stereocenters. The highest BCUT2D eigenvalue weighted by molar-refractivity contribution is 8.01. The largest absolute Gasteiger partial charge is 0.426 e. The lowest BCUT2D eigenvalue weighted by molar-refractivity contribution is -0.394. The number of thiazole rings is 1. The Morgan fingerprint density at radius 2 is 1.88 bits per heavy atom. The average molecular weight is 610 g/mol. The van der Waals surface area contributed by atoms with Gasteiger partial charge in [-0.1, -0.05) is 55.8 Å². The van der Waals surface area contributed by atoms with Crippen molar-refractivity contribution in [3.05, 3.63) is 35.9 Å². The lowest BCUT2D eigenvalue weighted by Crippen LogP contribution is -2.59. The molecule has 2 saturated carbocycles. The fourth-order valence-corrected chi connectivity index (χ4v) is 9.11. The Bertz CT molecular complexity index is 1120. The predicted octanol–water partition coefficient (Wildman–Crippen LogP) is 9.82. The maximum atomic E-state index is 13.7. The highest BCUT2D eigenvalue weighted by Gasteiger charge is 2.71. The fourth-order valence-electron chi connectivity index (χ4n) is 7.11. The zero-order valence-electron chi connectivity index (χ0n) is 23.0. The Hall–Kier alpha value is -1.30. The van der Waals surface area contributed by atoms with Gasteiger partial charge < -0.3 is 9.47 Å². The summed E-state index contributed by atoms with van der Waals surface area (Å²) in [6.45, 7) is 3.18. The third-order valence-corrected chi connectivity index (χ3v) is 11.2. The lowest BCUT2D eigenvalue weighted by Gasteiger charge is -2.44. The van der Waals surface area contributed by atoms with E-state index < -0.39 is 31.2 Å². The standard InChI is InChI=1S/C29H37F6NO2S2/c1-19(8-6-16-27(28(30,31)32,29(33,34)35)38-18-37-3)21-12-13-22-20(9-7-15-26(21,22)2)14-17-39-25-36-23-10-4-5-11-24(23)40-25/h4-5,10-11,14,19,21-22H,6-9,12-13,15-18H2,1-3H3/b20-14+/t19?,21-,22+,26-/m1/s1. The van der Waals surface area contributed by atoms with Gasteiger partial charge in [0.25, 0.3) is 5.60 Å². The molecule has 3 nitrogen and oxygen atoms in total. The number of alkyl halides is 6. The van der Waals surface area contributed by atoms with Crippen LogP contribution in [0.3, 0.4) is 0 Å². The molecule has 0 bridgehead atoms. The second-order valence-electron chi connectivity index (χ2n) is 11.4. The molecule has 1 aromatic heterocycles. The van der Waals surface area contributed by atoms with E-state index in [0.29, 0.717) is 5.92 Å². The van der Waals surface area contributed by atoms with E-state index in [0.717, 1.165) is 54.8 Å². The number of benzene rings is 1. The van der Waals surface area contributed by atoms with Gasteiger partial charge in [0.05, 0.1) is 10.2 Å². The average Bonchev–Trinajstić information content (AvgIpc) is 3.45. The Labute approximate surface area is 240 Å². The van der Waals surface area contributed by atoms with Crippen LogP contribution in [0.25, 0.3) is 10.2 Å². The number of methoxy groups -OCH3 is 1. The van der Waals surface area contributed by atoms with Crippen molar-refractivity contribution in [1.29, 1.82) is 0 Å². The molecule has 1 aromatic carbocycles. The Kier molecular flexibility index (Phi) is 9.90. The van der Waals surface area contributed by atoms with Crippen LogP contribution in [0.1, 0.15) is 65.2 Å². The molecular weight excluding hydrogens is 572 g/mol. The van der Waals surface area contributed by atoms with Crippen molar-refractivity contribution in [2.75, 3.05) is 19.7 Å². The molecule has 0 spiro atoms. The van der Waals surface area contributed by atoms with Crippen molar-refractivity contribution in [2.24, 2.45) is 23.2 Å². The van der Waals surface area contributed by atoms with Crippen LogP contribution in [0.2, 0.25) is 0 Å². The van der Waals surface area contributed by atoms with E-state index in [2.05, 4.69) is 28.5 Å². The van der Waals surface area contributed by atoms with Crippen LogP contribution >= 0.6 is 23.1 Å². The number of nitrogens with zero attached hydrogens (tertiary/aromatic N) is 1. The summed E-state index contributed by atoms with van der Waals surface area (Å²) in [5.41, 5.74) is -1.77. The first-order valence-corrected chi connectivity index (χ1v) is 15.6. The van der Waals surface area contributed by atoms with Gasteiger partial charge >= 0.3 is 12.4 Å². The summed E-state index contributed by atoms with van der Waals surface area (Å²) in [7, 11) is 1.00. The van der Waals surface area contributed by atoms with Crippen LogP contribution in [0.4, 0.5) is 26.3 Å². The first-order valence-electron chi connectivity index (χ1n) is 13.8. The number of rotatable bonds is 11. The molecule has 4 rings (SSSR count). The summed E-state index contributed by atoms with van der Waals surface area (Å²) in [5.74, 6) is 1.50. The van der Waals surface area contributed by atoms with Gasteiger partial charge in [-0.25, -0.2) is 4.98 Å². The van der Waals surface area contributed by atoms with E-state index in [1.807, 2.05) is 25.1 Å². The molecule has 2 aliphatic carbocycles. The van der Waals surface area contributed by atoms with E-state index in [4.69, 9.17) is 4.98 Å². The summed E-state index contributed by atoms with van der Waals surface area (Å²) in [4.78, 5) is 4.70. The number of allylic oxidation sites excluding steroid dienone is 1. The normalized spacial score (nSPS) is 26.0. The number of aromatic nitrogens is 1. The van der Waals surface area contributed by atoms with Crippen molar-refractivity contribution in [3.63, 3.8) is 0 Å². The predicted molar refractivity (Wildman–Crippen MR) is 147 cm³/mol. The second kappa shape index (κ2) is 12.5. The zero-order valence-corrected chi connectivity index (χ0v) is 24.7. The number of fused-ring (bicyclic) bond motifs is 2. The molecule has 0 saturated heterocycles. The monoisotopic (exact) mass is 609 g/mol.